The number of nitrogens with zero attached hydrogens (tertiary/aromatic N) is 3. The van der Waals surface area contributed by atoms with E-state index in [1.807, 2.05) is 6.07 Å². The number of piperazine rings is 1. The molecule has 0 saturated carbocycles. The zero-order valence-electron chi connectivity index (χ0n) is 14.6. The summed E-state index contributed by atoms with van der Waals surface area (Å²) < 4.78 is 18.9. The van der Waals surface area contributed by atoms with E-state index in [0.717, 1.165) is 57.2 Å². The molecule has 1 atom stereocenters. The highest BCUT2D eigenvalue weighted by Crippen LogP contribution is 2.26. The van der Waals surface area contributed by atoms with Crippen molar-refractivity contribution in [1.29, 1.82) is 0 Å². The molecule has 0 N–H and O–H groups in total. The van der Waals surface area contributed by atoms with Gasteiger partial charge >= 0.3 is 0 Å². The maximum atomic E-state index is 13.4. The van der Waals surface area contributed by atoms with Crippen LogP contribution in [0.15, 0.2) is 36.4 Å². The van der Waals surface area contributed by atoms with Gasteiger partial charge in [0.15, 0.2) is 0 Å². The maximum Gasteiger partial charge on any atom is 0.214 e. The van der Waals surface area contributed by atoms with Gasteiger partial charge in [0, 0.05) is 38.6 Å². The van der Waals surface area contributed by atoms with Crippen LogP contribution in [0.4, 0.5) is 10.2 Å². The van der Waals surface area contributed by atoms with E-state index in [2.05, 4.69) is 39.9 Å². The first-order valence-corrected chi connectivity index (χ1v) is 9.05. The second-order valence-corrected chi connectivity index (χ2v) is 6.95. The molecule has 4 nitrogen and oxygen atoms in total. The standard InChI is InChI=1S/C20H24FN3O/c1-15-14-23(10-11-24(15)20-4-2-3-19(21)22-20)9-7-16-5-6-18-17(13-16)8-12-25-18/h2-6,13,15H,7-12,14H2,1H3. The Balaban J connectivity index is 1.33. The zero-order valence-corrected chi connectivity index (χ0v) is 14.6. The Bertz CT molecular complexity index is 751. The van der Waals surface area contributed by atoms with Crippen molar-refractivity contribution in [3.05, 3.63) is 53.5 Å². The Kier molecular flexibility index (Phi) is 4.57. The van der Waals surface area contributed by atoms with Gasteiger partial charge in [0.05, 0.1) is 6.61 Å². The molecule has 2 aromatic rings. The predicted octanol–water partition coefficient (Wildman–Crippen LogP) is 2.91. The summed E-state index contributed by atoms with van der Waals surface area (Å²) >= 11 is 0. The molecule has 1 aromatic carbocycles. The second-order valence-electron chi connectivity index (χ2n) is 6.95. The van der Waals surface area contributed by atoms with Gasteiger partial charge in [-0.05, 0) is 42.7 Å². The van der Waals surface area contributed by atoms with E-state index in [1.54, 1.807) is 6.07 Å². The fourth-order valence-electron chi connectivity index (χ4n) is 3.82. The highest BCUT2D eigenvalue weighted by molar-refractivity contribution is 5.41. The van der Waals surface area contributed by atoms with E-state index in [-0.39, 0.29) is 0 Å². The van der Waals surface area contributed by atoms with Crippen molar-refractivity contribution in [2.75, 3.05) is 37.7 Å². The number of fused-ring (bicyclic) bond motifs is 1. The Morgan fingerprint density at radius 1 is 1.24 bits per heavy atom. The van der Waals surface area contributed by atoms with E-state index in [4.69, 9.17) is 4.74 Å². The number of pyridine rings is 1. The first-order chi connectivity index (χ1) is 12.2. The molecule has 1 saturated heterocycles. The van der Waals surface area contributed by atoms with Crippen LogP contribution in [0.1, 0.15) is 18.1 Å². The first-order valence-electron chi connectivity index (χ1n) is 9.05. The van der Waals surface area contributed by atoms with Gasteiger partial charge in [-0.1, -0.05) is 18.2 Å². The average Bonchev–Trinajstić information content (AvgIpc) is 3.08. The molecule has 5 heteroatoms. The van der Waals surface area contributed by atoms with E-state index >= 15 is 0 Å². The molecule has 0 spiro atoms. The van der Waals surface area contributed by atoms with Crippen molar-refractivity contribution in [3.63, 3.8) is 0 Å². The van der Waals surface area contributed by atoms with E-state index in [1.165, 1.54) is 17.2 Å². The third kappa shape index (κ3) is 3.61. The fourth-order valence-corrected chi connectivity index (χ4v) is 3.82. The minimum absolute atomic E-state index is 0.330. The Hall–Kier alpha value is -2.14. The number of rotatable bonds is 4. The molecule has 1 aromatic heterocycles. The number of hydrogen-bond acceptors (Lipinski definition) is 4. The normalized spacial score (nSPS) is 20.4. The van der Waals surface area contributed by atoms with Crippen LogP contribution in [0, 0.1) is 5.95 Å². The molecule has 0 amide bonds. The molecule has 1 fully saturated rings. The lowest BCUT2D eigenvalue weighted by Crippen LogP contribution is -2.52. The highest BCUT2D eigenvalue weighted by atomic mass is 19.1. The molecule has 1 unspecified atom stereocenters. The molecule has 3 heterocycles. The van der Waals surface area contributed by atoms with Crippen molar-refractivity contribution in [3.8, 4) is 5.75 Å². The first kappa shape index (κ1) is 16.3. The summed E-state index contributed by atoms with van der Waals surface area (Å²) in [6.45, 7) is 6.89. The molecular formula is C20H24FN3O. The van der Waals surface area contributed by atoms with Crippen molar-refractivity contribution < 1.29 is 9.13 Å². The van der Waals surface area contributed by atoms with Gasteiger partial charge in [0.2, 0.25) is 5.95 Å². The smallest absolute Gasteiger partial charge is 0.214 e. The zero-order chi connectivity index (χ0) is 17.2. The van der Waals surface area contributed by atoms with Gasteiger partial charge in [-0.2, -0.15) is 4.39 Å². The monoisotopic (exact) mass is 341 g/mol. The summed E-state index contributed by atoms with van der Waals surface area (Å²) in [4.78, 5) is 8.72. The van der Waals surface area contributed by atoms with Gasteiger partial charge < -0.3 is 9.64 Å². The highest BCUT2D eigenvalue weighted by Gasteiger charge is 2.24. The molecular weight excluding hydrogens is 317 g/mol. The fraction of sp³-hybridized carbons (Fsp3) is 0.450. The number of anilines is 1. The van der Waals surface area contributed by atoms with Crippen LogP contribution in [-0.4, -0.2) is 48.7 Å². The lowest BCUT2D eigenvalue weighted by molar-refractivity contribution is 0.230. The maximum absolute atomic E-state index is 13.4. The minimum atomic E-state index is -0.410. The summed E-state index contributed by atoms with van der Waals surface area (Å²) in [5, 5.41) is 0. The average molecular weight is 341 g/mol. The number of aromatic nitrogens is 1. The molecule has 0 radical (unpaired) electrons. The van der Waals surface area contributed by atoms with Crippen molar-refractivity contribution in [2.45, 2.75) is 25.8 Å². The lowest BCUT2D eigenvalue weighted by Gasteiger charge is -2.40. The Labute approximate surface area is 148 Å². The van der Waals surface area contributed by atoms with E-state index in [0.29, 0.717) is 6.04 Å². The van der Waals surface area contributed by atoms with Gasteiger partial charge in [-0.25, -0.2) is 4.98 Å². The van der Waals surface area contributed by atoms with Crippen LogP contribution in [0.5, 0.6) is 5.75 Å². The van der Waals surface area contributed by atoms with E-state index in [9.17, 15) is 4.39 Å². The number of halogens is 1. The third-order valence-corrected chi connectivity index (χ3v) is 5.18. The van der Waals surface area contributed by atoms with Crippen LogP contribution in [0.3, 0.4) is 0 Å². The topological polar surface area (TPSA) is 28.6 Å². The van der Waals surface area contributed by atoms with Crippen LogP contribution in [0.25, 0.3) is 0 Å². The van der Waals surface area contributed by atoms with Crippen LogP contribution < -0.4 is 9.64 Å². The van der Waals surface area contributed by atoms with Crippen LogP contribution in [0.2, 0.25) is 0 Å². The van der Waals surface area contributed by atoms with Crippen molar-refractivity contribution in [2.24, 2.45) is 0 Å². The minimum Gasteiger partial charge on any atom is -0.493 e. The van der Waals surface area contributed by atoms with Crippen molar-refractivity contribution >= 4 is 5.82 Å². The van der Waals surface area contributed by atoms with Crippen molar-refractivity contribution in [1.82, 2.24) is 9.88 Å². The molecule has 2 aliphatic rings. The molecule has 0 bridgehead atoms. The summed E-state index contributed by atoms with van der Waals surface area (Å²) in [6, 6.07) is 11.9. The molecule has 0 aliphatic carbocycles. The van der Waals surface area contributed by atoms with Gasteiger partial charge in [0.1, 0.15) is 11.6 Å². The van der Waals surface area contributed by atoms with Crippen LogP contribution in [-0.2, 0) is 12.8 Å². The van der Waals surface area contributed by atoms with Gasteiger partial charge in [-0.15, -0.1) is 0 Å². The van der Waals surface area contributed by atoms with E-state index < -0.39 is 5.95 Å². The number of benzene rings is 1. The Morgan fingerprint density at radius 3 is 3.00 bits per heavy atom. The second kappa shape index (κ2) is 7.00. The summed E-state index contributed by atoms with van der Waals surface area (Å²) in [6.07, 6.45) is 2.08. The molecule has 132 valence electrons. The largest absolute Gasteiger partial charge is 0.493 e. The lowest BCUT2D eigenvalue weighted by atomic mass is 10.1. The Morgan fingerprint density at radius 2 is 2.16 bits per heavy atom. The third-order valence-electron chi connectivity index (χ3n) is 5.18. The molecule has 4 rings (SSSR count). The van der Waals surface area contributed by atoms with Gasteiger partial charge in [0.25, 0.3) is 0 Å². The summed E-state index contributed by atoms with van der Waals surface area (Å²) in [5.74, 6) is 1.38. The predicted molar refractivity (Wildman–Crippen MR) is 96.8 cm³/mol. The molecule has 2 aliphatic heterocycles. The number of hydrogen-bond donors (Lipinski definition) is 0. The quantitative estimate of drug-likeness (QED) is 0.800. The van der Waals surface area contributed by atoms with Crippen LogP contribution >= 0.6 is 0 Å². The molecule has 25 heavy (non-hydrogen) atoms. The SMILES string of the molecule is CC1CN(CCc2ccc3c(c2)CCO3)CCN1c1cccc(F)n1. The summed E-state index contributed by atoms with van der Waals surface area (Å²) in [5.41, 5.74) is 2.72. The summed E-state index contributed by atoms with van der Waals surface area (Å²) in [7, 11) is 0. The van der Waals surface area contributed by atoms with Gasteiger partial charge in [-0.3, -0.25) is 4.90 Å². The number of ether oxygens (including phenoxy) is 1.